The largest absolute Gasteiger partial charge is 0.450 e. The van der Waals surface area contributed by atoms with E-state index in [1.807, 2.05) is 6.07 Å². The van der Waals surface area contributed by atoms with Gasteiger partial charge in [0, 0.05) is 12.1 Å². The SMILES string of the molecule is CC(C)c1ccc2c(c1)Nc1nc(=O)n(C3CCC(N)CC3)cc1O2. The molecule has 1 aliphatic carbocycles. The lowest BCUT2D eigenvalue weighted by molar-refractivity contribution is 0.312. The molecule has 2 aromatic rings. The Bertz CT molecular complexity index is 851. The van der Waals surface area contributed by atoms with Crippen LogP contribution < -0.4 is 21.5 Å². The number of ether oxygens (including phenoxy) is 1. The first kappa shape index (κ1) is 16.1. The average molecular weight is 340 g/mol. The number of hydrogen-bond acceptors (Lipinski definition) is 5. The Balaban J connectivity index is 1.65. The summed E-state index contributed by atoms with van der Waals surface area (Å²) in [6.45, 7) is 4.29. The van der Waals surface area contributed by atoms with Crippen molar-refractivity contribution in [2.24, 2.45) is 5.73 Å². The Hall–Kier alpha value is -2.34. The standard InChI is InChI=1S/C19H24N4O2/c1-11(2)12-3-8-16-15(9-12)21-18-17(25-16)10-23(19(24)22-18)14-6-4-13(20)5-7-14/h3,8-11,13-14H,4-7,20H2,1-2H3,(H,21,22,24). The van der Waals surface area contributed by atoms with Gasteiger partial charge in [-0.25, -0.2) is 4.79 Å². The quantitative estimate of drug-likeness (QED) is 0.744. The summed E-state index contributed by atoms with van der Waals surface area (Å²) in [5.74, 6) is 2.27. The lowest BCUT2D eigenvalue weighted by Gasteiger charge is -2.29. The van der Waals surface area contributed by atoms with E-state index in [4.69, 9.17) is 10.5 Å². The molecule has 1 fully saturated rings. The van der Waals surface area contributed by atoms with Crippen LogP contribution in [0.15, 0.2) is 29.2 Å². The fraction of sp³-hybridized carbons (Fsp3) is 0.474. The van der Waals surface area contributed by atoms with Crippen LogP contribution in [0.3, 0.4) is 0 Å². The minimum Gasteiger partial charge on any atom is -0.450 e. The summed E-state index contributed by atoms with van der Waals surface area (Å²) in [4.78, 5) is 16.7. The molecule has 0 spiro atoms. The van der Waals surface area contributed by atoms with Crippen LogP contribution in [-0.2, 0) is 0 Å². The van der Waals surface area contributed by atoms with Crippen molar-refractivity contribution in [2.45, 2.75) is 57.5 Å². The number of nitrogens with zero attached hydrogens (tertiary/aromatic N) is 2. The van der Waals surface area contributed by atoms with Crippen molar-refractivity contribution in [3.05, 3.63) is 40.4 Å². The summed E-state index contributed by atoms with van der Waals surface area (Å²) in [6, 6.07) is 6.49. The van der Waals surface area contributed by atoms with Gasteiger partial charge in [0.2, 0.25) is 0 Å². The second-order valence-electron chi connectivity index (χ2n) is 7.35. The van der Waals surface area contributed by atoms with Crippen molar-refractivity contribution in [3.8, 4) is 11.5 Å². The van der Waals surface area contributed by atoms with Gasteiger partial charge >= 0.3 is 5.69 Å². The van der Waals surface area contributed by atoms with Crippen molar-refractivity contribution >= 4 is 11.5 Å². The van der Waals surface area contributed by atoms with Gasteiger partial charge < -0.3 is 15.8 Å². The van der Waals surface area contributed by atoms with Gasteiger partial charge in [0.25, 0.3) is 0 Å². The molecular weight excluding hydrogens is 316 g/mol. The molecular formula is C19H24N4O2. The lowest BCUT2D eigenvalue weighted by Crippen LogP contribution is -2.33. The monoisotopic (exact) mass is 340 g/mol. The maximum Gasteiger partial charge on any atom is 0.350 e. The van der Waals surface area contributed by atoms with Gasteiger partial charge in [0.05, 0.1) is 11.9 Å². The number of nitrogens with one attached hydrogen (secondary N) is 1. The predicted molar refractivity (Wildman–Crippen MR) is 97.9 cm³/mol. The fourth-order valence-electron chi connectivity index (χ4n) is 3.60. The third kappa shape index (κ3) is 3.02. The highest BCUT2D eigenvalue weighted by atomic mass is 16.5. The number of aromatic nitrogens is 2. The van der Waals surface area contributed by atoms with E-state index in [0.717, 1.165) is 37.1 Å². The van der Waals surface area contributed by atoms with E-state index in [2.05, 4.69) is 36.3 Å². The van der Waals surface area contributed by atoms with Crippen LogP contribution in [0, 0.1) is 0 Å². The Morgan fingerprint density at radius 2 is 2.00 bits per heavy atom. The van der Waals surface area contributed by atoms with Gasteiger partial charge in [-0.05, 0) is 49.3 Å². The molecule has 25 heavy (non-hydrogen) atoms. The van der Waals surface area contributed by atoms with E-state index in [1.54, 1.807) is 10.8 Å². The van der Waals surface area contributed by atoms with Crippen LogP contribution >= 0.6 is 0 Å². The van der Waals surface area contributed by atoms with Crippen molar-refractivity contribution in [1.82, 2.24) is 9.55 Å². The zero-order valence-corrected chi connectivity index (χ0v) is 14.7. The first-order valence-electron chi connectivity index (χ1n) is 8.99. The first-order valence-corrected chi connectivity index (χ1v) is 8.99. The van der Waals surface area contributed by atoms with E-state index < -0.39 is 0 Å². The zero-order valence-electron chi connectivity index (χ0n) is 14.7. The van der Waals surface area contributed by atoms with E-state index in [1.165, 1.54) is 5.56 Å². The fourth-order valence-corrected chi connectivity index (χ4v) is 3.60. The molecule has 1 aromatic heterocycles. The van der Waals surface area contributed by atoms with Crippen molar-refractivity contribution in [2.75, 3.05) is 5.32 Å². The van der Waals surface area contributed by atoms with Gasteiger partial charge in [-0.1, -0.05) is 19.9 Å². The van der Waals surface area contributed by atoms with Gasteiger partial charge in [0.1, 0.15) is 0 Å². The Kier molecular flexibility index (Phi) is 4.00. The van der Waals surface area contributed by atoms with E-state index in [0.29, 0.717) is 17.5 Å². The molecule has 0 saturated heterocycles. The molecule has 0 radical (unpaired) electrons. The number of benzene rings is 1. The van der Waals surface area contributed by atoms with Gasteiger partial charge in [-0.2, -0.15) is 4.98 Å². The van der Waals surface area contributed by atoms with Crippen molar-refractivity contribution in [1.29, 1.82) is 0 Å². The Morgan fingerprint density at radius 1 is 1.24 bits per heavy atom. The molecule has 1 saturated carbocycles. The molecule has 6 nitrogen and oxygen atoms in total. The zero-order chi connectivity index (χ0) is 17.6. The smallest absolute Gasteiger partial charge is 0.350 e. The Morgan fingerprint density at radius 3 is 2.72 bits per heavy atom. The van der Waals surface area contributed by atoms with Crippen LogP contribution in [-0.4, -0.2) is 15.6 Å². The van der Waals surface area contributed by atoms with Crippen LogP contribution in [0.2, 0.25) is 0 Å². The summed E-state index contributed by atoms with van der Waals surface area (Å²) < 4.78 is 7.72. The average Bonchev–Trinajstić information content (AvgIpc) is 2.60. The molecule has 0 atom stereocenters. The van der Waals surface area contributed by atoms with Gasteiger partial charge in [0.15, 0.2) is 17.3 Å². The van der Waals surface area contributed by atoms with Crippen LogP contribution in [0.1, 0.15) is 57.1 Å². The molecule has 132 valence electrons. The summed E-state index contributed by atoms with van der Waals surface area (Å²) in [5, 5.41) is 3.24. The van der Waals surface area contributed by atoms with Gasteiger partial charge in [-0.15, -0.1) is 0 Å². The second-order valence-corrected chi connectivity index (χ2v) is 7.35. The molecule has 0 amide bonds. The number of fused-ring (bicyclic) bond motifs is 2. The van der Waals surface area contributed by atoms with Crippen molar-refractivity contribution in [3.63, 3.8) is 0 Å². The maximum atomic E-state index is 12.5. The highest BCUT2D eigenvalue weighted by molar-refractivity contribution is 5.73. The summed E-state index contributed by atoms with van der Waals surface area (Å²) >= 11 is 0. The lowest BCUT2D eigenvalue weighted by atomic mass is 9.91. The number of rotatable bonds is 2. The normalized spacial score (nSPS) is 21.9. The topological polar surface area (TPSA) is 82.2 Å². The van der Waals surface area contributed by atoms with Crippen LogP contribution in [0.25, 0.3) is 0 Å². The molecule has 0 bridgehead atoms. The molecule has 6 heteroatoms. The van der Waals surface area contributed by atoms with Gasteiger partial charge in [-0.3, -0.25) is 4.57 Å². The maximum absolute atomic E-state index is 12.5. The van der Waals surface area contributed by atoms with Crippen LogP contribution in [0.5, 0.6) is 11.5 Å². The van der Waals surface area contributed by atoms with Crippen LogP contribution in [0.4, 0.5) is 11.5 Å². The predicted octanol–water partition coefficient (Wildman–Crippen LogP) is 3.66. The molecule has 2 aliphatic rings. The highest BCUT2D eigenvalue weighted by Crippen LogP contribution is 2.41. The van der Waals surface area contributed by atoms with E-state index in [-0.39, 0.29) is 17.8 Å². The molecule has 1 aromatic carbocycles. The summed E-state index contributed by atoms with van der Waals surface area (Å²) in [6.07, 6.45) is 5.48. The molecule has 3 N–H and O–H groups in total. The van der Waals surface area contributed by atoms with E-state index in [9.17, 15) is 4.79 Å². The second kappa shape index (κ2) is 6.19. The number of anilines is 2. The molecule has 0 unspecified atom stereocenters. The summed E-state index contributed by atoms with van der Waals surface area (Å²) in [7, 11) is 0. The minimum absolute atomic E-state index is 0.151. The third-order valence-electron chi connectivity index (χ3n) is 5.20. The highest BCUT2D eigenvalue weighted by Gasteiger charge is 2.25. The third-order valence-corrected chi connectivity index (χ3v) is 5.20. The number of hydrogen-bond donors (Lipinski definition) is 2. The summed E-state index contributed by atoms with van der Waals surface area (Å²) in [5.41, 5.74) is 7.80. The molecule has 2 heterocycles. The minimum atomic E-state index is -0.237. The Labute approximate surface area is 147 Å². The van der Waals surface area contributed by atoms with Crippen molar-refractivity contribution < 1.29 is 4.74 Å². The molecule has 1 aliphatic heterocycles. The number of nitrogens with two attached hydrogens (primary N) is 1. The molecule has 4 rings (SSSR count). The van der Waals surface area contributed by atoms with E-state index >= 15 is 0 Å². The first-order chi connectivity index (χ1) is 12.0.